The van der Waals surface area contributed by atoms with Gasteiger partial charge in [-0.1, -0.05) is 0 Å². The molecule has 0 fully saturated rings. The van der Waals surface area contributed by atoms with Gasteiger partial charge in [0.25, 0.3) is 0 Å². The summed E-state index contributed by atoms with van der Waals surface area (Å²) in [6.45, 7) is 4.10. The van der Waals surface area contributed by atoms with Gasteiger partial charge in [-0.2, -0.15) is 0 Å². The molecule has 1 aromatic carbocycles. The van der Waals surface area contributed by atoms with Crippen LogP contribution in [0, 0.1) is 5.41 Å². The molecule has 0 heterocycles. The Morgan fingerprint density at radius 2 is 2.00 bits per heavy atom. The Hall–Kier alpha value is -1.27. The van der Waals surface area contributed by atoms with Gasteiger partial charge in [0.2, 0.25) is 0 Å². The quantitative estimate of drug-likeness (QED) is 0.802. The van der Waals surface area contributed by atoms with Crippen molar-refractivity contribution in [2.75, 3.05) is 20.8 Å². The number of esters is 1. The molecule has 2 N–H and O–H groups in total. The Balaban J connectivity index is 2.95. The van der Waals surface area contributed by atoms with Crippen molar-refractivity contribution < 1.29 is 19.0 Å². The van der Waals surface area contributed by atoms with Crippen LogP contribution in [0.4, 0.5) is 0 Å². The summed E-state index contributed by atoms with van der Waals surface area (Å²) in [5, 5.41) is 0. The van der Waals surface area contributed by atoms with Crippen LogP contribution in [-0.2, 0) is 16.1 Å². The van der Waals surface area contributed by atoms with Crippen LogP contribution in [0.3, 0.4) is 0 Å². The lowest BCUT2D eigenvalue weighted by Crippen LogP contribution is -2.32. The molecular formula is C14H20BrNO4. The van der Waals surface area contributed by atoms with Gasteiger partial charge >= 0.3 is 5.97 Å². The zero-order valence-electron chi connectivity index (χ0n) is 12.2. The molecule has 0 aliphatic carbocycles. The number of nitrogens with two attached hydrogens (primary N) is 1. The molecule has 0 amide bonds. The molecule has 5 nitrogen and oxygen atoms in total. The molecule has 0 aromatic heterocycles. The lowest BCUT2D eigenvalue weighted by atomic mass is 9.95. The van der Waals surface area contributed by atoms with Crippen molar-refractivity contribution in [3.63, 3.8) is 0 Å². The van der Waals surface area contributed by atoms with Gasteiger partial charge in [-0.05, 0) is 47.5 Å². The first kappa shape index (κ1) is 16.8. The second-order valence-corrected chi connectivity index (χ2v) is 5.83. The maximum absolute atomic E-state index is 11.6. The fraction of sp³-hybridized carbons (Fsp3) is 0.500. The van der Waals surface area contributed by atoms with Crippen LogP contribution in [0.1, 0.15) is 19.4 Å². The topological polar surface area (TPSA) is 70.8 Å². The van der Waals surface area contributed by atoms with E-state index in [0.717, 1.165) is 10.0 Å². The van der Waals surface area contributed by atoms with E-state index in [4.69, 9.17) is 19.9 Å². The molecule has 0 radical (unpaired) electrons. The average Bonchev–Trinajstić information content (AvgIpc) is 2.43. The summed E-state index contributed by atoms with van der Waals surface area (Å²) in [7, 11) is 2.91. The number of ether oxygens (including phenoxy) is 3. The molecule has 112 valence electrons. The normalized spacial score (nSPS) is 11.1. The third kappa shape index (κ3) is 3.86. The number of methoxy groups -OCH3 is 2. The van der Waals surface area contributed by atoms with Crippen LogP contribution in [0.15, 0.2) is 16.6 Å². The predicted octanol–water partition coefficient (Wildman–Crippen LogP) is 2.49. The van der Waals surface area contributed by atoms with E-state index in [-0.39, 0.29) is 12.6 Å². The molecule has 1 rings (SSSR count). The van der Waals surface area contributed by atoms with Crippen molar-refractivity contribution in [1.29, 1.82) is 0 Å². The third-order valence-corrected chi connectivity index (χ3v) is 3.43. The van der Waals surface area contributed by atoms with E-state index in [1.54, 1.807) is 21.0 Å². The van der Waals surface area contributed by atoms with Crippen molar-refractivity contribution in [2.24, 2.45) is 11.1 Å². The molecule has 0 spiro atoms. The van der Waals surface area contributed by atoms with Crippen LogP contribution in [-0.4, -0.2) is 26.8 Å². The molecule has 1 aromatic rings. The minimum atomic E-state index is -0.744. The number of rotatable bonds is 6. The standard InChI is InChI=1S/C14H20BrNO4/c1-14(2,13(17)19-4)8-20-12-10(15)5-9(7-16)6-11(12)18-3/h5-6H,7-8,16H2,1-4H3. The molecule has 0 atom stereocenters. The number of carbonyl (C=O) groups excluding carboxylic acids is 1. The monoisotopic (exact) mass is 345 g/mol. The molecule has 0 aliphatic heterocycles. The Morgan fingerprint density at radius 1 is 1.35 bits per heavy atom. The summed E-state index contributed by atoms with van der Waals surface area (Å²) in [6, 6.07) is 3.67. The first-order chi connectivity index (χ1) is 9.35. The minimum Gasteiger partial charge on any atom is -0.493 e. The van der Waals surface area contributed by atoms with E-state index in [1.807, 2.05) is 12.1 Å². The molecule has 0 bridgehead atoms. The summed E-state index contributed by atoms with van der Waals surface area (Å²) in [6.07, 6.45) is 0. The summed E-state index contributed by atoms with van der Waals surface area (Å²) in [5.41, 5.74) is 5.79. The highest BCUT2D eigenvalue weighted by Gasteiger charge is 2.30. The highest BCUT2D eigenvalue weighted by Crippen LogP contribution is 2.37. The van der Waals surface area contributed by atoms with Gasteiger partial charge < -0.3 is 19.9 Å². The van der Waals surface area contributed by atoms with Crippen LogP contribution in [0.5, 0.6) is 11.5 Å². The summed E-state index contributed by atoms with van der Waals surface area (Å²) >= 11 is 3.42. The smallest absolute Gasteiger partial charge is 0.314 e. The van der Waals surface area contributed by atoms with Crippen molar-refractivity contribution in [1.82, 2.24) is 0 Å². The SMILES string of the molecule is COC(=O)C(C)(C)COc1c(Br)cc(CN)cc1OC. The largest absolute Gasteiger partial charge is 0.493 e. The lowest BCUT2D eigenvalue weighted by molar-refractivity contribution is -0.152. The van der Waals surface area contributed by atoms with E-state index < -0.39 is 5.41 Å². The van der Waals surface area contributed by atoms with Gasteiger partial charge in [0, 0.05) is 6.54 Å². The fourth-order valence-corrected chi connectivity index (χ4v) is 2.22. The first-order valence-corrected chi connectivity index (χ1v) is 6.92. The van der Waals surface area contributed by atoms with Gasteiger partial charge in [-0.25, -0.2) is 0 Å². The maximum Gasteiger partial charge on any atom is 0.314 e. The zero-order valence-corrected chi connectivity index (χ0v) is 13.7. The second-order valence-electron chi connectivity index (χ2n) is 4.98. The molecule has 0 aliphatic rings. The van der Waals surface area contributed by atoms with Gasteiger partial charge in [0.1, 0.15) is 6.61 Å². The molecule has 0 saturated carbocycles. The van der Waals surface area contributed by atoms with E-state index in [9.17, 15) is 4.79 Å². The third-order valence-electron chi connectivity index (χ3n) is 2.84. The Morgan fingerprint density at radius 3 is 2.50 bits per heavy atom. The van der Waals surface area contributed by atoms with Gasteiger partial charge in [-0.15, -0.1) is 0 Å². The van der Waals surface area contributed by atoms with Crippen LogP contribution >= 0.6 is 15.9 Å². The molecular weight excluding hydrogens is 326 g/mol. The number of hydrogen-bond donors (Lipinski definition) is 1. The van der Waals surface area contributed by atoms with Crippen LogP contribution < -0.4 is 15.2 Å². The number of carbonyl (C=O) groups is 1. The number of halogens is 1. The summed E-state index contributed by atoms with van der Waals surface area (Å²) < 4.78 is 16.5. The molecule has 0 saturated heterocycles. The highest BCUT2D eigenvalue weighted by atomic mass is 79.9. The number of benzene rings is 1. The van der Waals surface area contributed by atoms with Gasteiger partial charge in [0.05, 0.1) is 24.1 Å². The number of hydrogen-bond acceptors (Lipinski definition) is 5. The van der Waals surface area contributed by atoms with Gasteiger partial charge in [-0.3, -0.25) is 4.79 Å². The van der Waals surface area contributed by atoms with Crippen LogP contribution in [0.2, 0.25) is 0 Å². The summed E-state index contributed by atoms with van der Waals surface area (Å²) in [4.78, 5) is 11.6. The molecule has 0 unspecified atom stereocenters. The molecule has 6 heteroatoms. The maximum atomic E-state index is 11.6. The van der Waals surface area contributed by atoms with Crippen LogP contribution in [0.25, 0.3) is 0 Å². The zero-order chi connectivity index (χ0) is 15.3. The summed E-state index contributed by atoms with van der Waals surface area (Å²) in [5.74, 6) is 0.785. The Bertz CT molecular complexity index is 488. The van der Waals surface area contributed by atoms with Crippen molar-refractivity contribution >= 4 is 21.9 Å². The van der Waals surface area contributed by atoms with Crippen molar-refractivity contribution in [3.8, 4) is 11.5 Å². The van der Waals surface area contributed by atoms with E-state index in [1.165, 1.54) is 7.11 Å². The average molecular weight is 346 g/mol. The van der Waals surface area contributed by atoms with Crippen molar-refractivity contribution in [3.05, 3.63) is 22.2 Å². The van der Waals surface area contributed by atoms with E-state index in [0.29, 0.717) is 18.0 Å². The minimum absolute atomic E-state index is 0.177. The Kier molecular flexibility index (Phi) is 5.83. The van der Waals surface area contributed by atoms with Gasteiger partial charge in [0.15, 0.2) is 11.5 Å². The van der Waals surface area contributed by atoms with E-state index >= 15 is 0 Å². The molecule has 20 heavy (non-hydrogen) atoms. The van der Waals surface area contributed by atoms with E-state index in [2.05, 4.69) is 15.9 Å². The Labute approximate surface area is 127 Å². The van der Waals surface area contributed by atoms with Crippen molar-refractivity contribution in [2.45, 2.75) is 20.4 Å². The highest BCUT2D eigenvalue weighted by molar-refractivity contribution is 9.10. The fourth-order valence-electron chi connectivity index (χ4n) is 1.62. The predicted molar refractivity (Wildman–Crippen MR) is 79.9 cm³/mol. The first-order valence-electron chi connectivity index (χ1n) is 6.13. The second kappa shape index (κ2) is 6.95. The lowest BCUT2D eigenvalue weighted by Gasteiger charge is -2.23.